The summed E-state index contributed by atoms with van der Waals surface area (Å²) in [6.07, 6.45) is 1.76. The van der Waals surface area contributed by atoms with Crippen LogP contribution in [0.5, 0.6) is 0 Å². The second-order valence-electron chi connectivity index (χ2n) is 3.42. The summed E-state index contributed by atoms with van der Waals surface area (Å²) in [5.41, 5.74) is 0.570. The van der Waals surface area contributed by atoms with Gasteiger partial charge in [-0.25, -0.2) is 0 Å². The lowest BCUT2D eigenvalue weighted by molar-refractivity contribution is -0.454. The third kappa shape index (κ3) is 1.66. The molecular formula is C11H11N2O2+. The van der Waals surface area contributed by atoms with Crippen molar-refractivity contribution in [2.24, 2.45) is 0 Å². The quantitative estimate of drug-likeness (QED) is 0.798. The van der Waals surface area contributed by atoms with Gasteiger partial charge in [0, 0.05) is 10.8 Å². The van der Waals surface area contributed by atoms with Crippen molar-refractivity contribution in [1.82, 2.24) is 5.10 Å². The highest BCUT2D eigenvalue weighted by Crippen LogP contribution is 2.21. The first-order valence-electron chi connectivity index (χ1n) is 4.68. The summed E-state index contributed by atoms with van der Waals surface area (Å²) in [7, 11) is 0. The number of aromatic amines is 1. The molecule has 0 fully saturated rings. The van der Waals surface area contributed by atoms with Crippen molar-refractivity contribution in [2.45, 2.75) is 12.8 Å². The van der Waals surface area contributed by atoms with Gasteiger partial charge in [-0.2, -0.15) is 0 Å². The van der Waals surface area contributed by atoms with Gasteiger partial charge in [0.25, 0.3) is 0 Å². The minimum absolute atomic E-state index is 0.570. The molecule has 1 atom stereocenters. The fourth-order valence-corrected chi connectivity index (χ4v) is 1.53. The van der Waals surface area contributed by atoms with Gasteiger partial charge in [0.1, 0.15) is 11.6 Å². The molecule has 0 amide bonds. The van der Waals surface area contributed by atoms with Gasteiger partial charge in [-0.3, -0.25) is 4.79 Å². The highest BCUT2D eigenvalue weighted by Gasteiger charge is 2.20. The number of carboxylic acid groups (broad SMARTS) is 1. The molecule has 2 aromatic rings. The molecule has 0 bridgehead atoms. The Morgan fingerprint density at radius 3 is 2.93 bits per heavy atom. The van der Waals surface area contributed by atoms with Crippen LogP contribution in [0.1, 0.15) is 18.5 Å². The SMILES string of the molecule is CC(C(=O)O)c1n[nH+]cc2ccccc12. The second-order valence-corrected chi connectivity index (χ2v) is 3.42. The number of carboxylic acids is 1. The molecule has 4 heteroatoms. The number of hydrogen-bond donors (Lipinski definition) is 1. The molecule has 0 aliphatic rings. The number of aliphatic carboxylic acids is 1. The van der Waals surface area contributed by atoms with Gasteiger partial charge in [-0.15, -0.1) is 5.10 Å². The molecule has 2 rings (SSSR count). The zero-order valence-corrected chi connectivity index (χ0v) is 8.27. The number of aromatic nitrogens is 2. The molecule has 76 valence electrons. The second kappa shape index (κ2) is 3.65. The van der Waals surface area contributed by atoms with Gasteiger partial charge < -0.3 is 5.11 Å². The number of rotatable bonds is 2. The van der Waals surface area contributed by atoms with Crippen LogP contribution in [0.15, 0.2) is 30.5 Å². The van der Waals surface area contributed by atoms with Crippen LogP contribution in [0.2, 0.25) is 0 Å². The van der Waals surface area contributed by atoms with Crippen molar-refractivity contribution in [3.8, 4) is 0 Å². The van der Waals surface area contributed by atoms with Crippen LogP contribution in [0.4, 0.5) is 0 Å². The Morgan fingerprint density at radius 2 is 2.20 bits per heavy atom. The van der Waals surface area contributed by atoms with Crippen LogP contribution in [0, 0.1) is 0 Å². The van der Waals surface area contributed by atoms with Crippen LogP contribution >= 0.6 is 0 Å². The molecule has 1 aromatic carbocycles. The third-order valence-electron chi connectivity index (χ3n) is 2.42. The molecule has 0 aliphatic carbocycles. The fourth-order valence-electron chi connectivity index (χ4n) is 1.53. The average molecular weight is 203 g/mol. The van der Waals surface area contributed by atoms with Crippen LogP contribution in [-0.4, -0.2) is 16.2 Å². The topological polar surface area (TPSA) is 64.3 Å². The van der Waals surface area contributed by atoms with Gasteiger partial charge in [-0.1, -0.05) is 18.2 Å². The molecule has 1 aromatic heterocycles. The van der Waals surface area contributed by atoms with Gasteiger partial charge in [0.15, 0.2) is 0 Å². The summed E-state index contributed by atoms with van der Waals surface area (Å²) in [4.78, 5) is 10.9. The van der Waals surface area contributed by atoms with E-state index in [9.17, 15) is 4.79 Å². The van der Waals surface area contributed by atoms with Crippen molar-refractivity contribution in [3.63, 3.8) is 0 Å². The Labute approximate surface area is 86.6 Å². The highest BCUT2D eigenvalue weighted by molar-refractivity contribution is 5.87. The van der Waals surface area contributed by atoms with E-state index in [2.05, 4.69) is 10.2 Å². The van der Waals surface area contributed by atoms with E-state index < -0.39 is 11.9 Å². The normalized spacial score (nSPS) is 12.6. The van der Waals surface area contributed by atoms with Gasteiger partial charge in [0.05, 0.1) is 0 Å². The maximum absolute atomic E-state index is 10.9. The van der Waals surface area contributed by atoms with E-state index in [-0.39, 0.29) is 0 Å². The largest absolute Gasteiger partial charge is 0.481 e. The smallest absolute Gasteiger partial charge is 0.312 e. The first-order valence-corrected chi connectivity index (χ1v) is 4.68. The molecule has 1 unspecified atom stereocenters. The third-order valence-corrected chi connectivity index (χ3v) is 2.42. The van der Waals surface area contributed by atoms with E-state index in [1.807, 2.05) is 24.3 Å². The summed E-state index contributed by atoms with van der Waals surface area (Å²) in [6, 6.07) is 7.59. The number of benzene rings is 1. The van der Waals surface area contributed by atoms with Crippen LogP contribution < -0.4 is 5.10 Å². The first-order chi connectivity index (χ1) is 7.20. The van der Waals surface area contributed by atoms with Gasteiger partial charge in [0.2, 0.25) is 6.20 Å². The lowest BCUT2D eigenvalue weighted by Crippen LogP contribution is -2.17. The minimum atomic E-state index is -0.868. The monoisotopic (exact) mass is 203 g/mol. The molecular weight excluding hydrogens is 192 g/mol. The molecule has 15 heavy (non-hydrogen) atoms. The van der Waals surface area contributed by atoms with E-state index >= 15 is 0 Å². The Hall–Kier alpha value is -1.97. The van der Waals surface area contributed by atoms with Crippen molar-refractivity contribution >= 4 is 16.7 Å². The van der Waals surface area contributed by atoms with E-state index in [1.54, 1.807) is 13.1 Å². The van der Waals surface area contributed by atoms with E-state index in [1.165, 1.54) is 0 Å². The molecule has 0 aliphatic heterocycles. The predicted octanol–water partition coefficient (Wildman–Crippen LogP) is 1.24. The molecule has 0 saturated carbocycles. The predicted molar refractivity (Wildman–Crippen MR) is 54.3 cm³/mol. The first kappa shape index (κ1) is 9.58. The Balaban J connectivity index is 2.65. The van der Waals surface area contributed by atoms with Crippen molar-refractivity contribution in [2.75, 3.05) is 0 Å². The number of nitrogens with zero attached hydrogens (tertiary/aromatic N) is 1. The zero-order valence-electron chi connectivity index (χ0n) is 8.27. The summed E-state index contributed by atoms with van der Waals surface area (Å²) in [6.45, 7) is 1.63. The number of H-pyrrole nitrogens is 1. The molecule has 0 saturated heterocycles. The maximum Gasteiger partial charge on any atom is 0.312 e. The summed E-state index contributed by atoms with van der Waals surface area (Å²) in [5.74, 6) is -1.47. The molecule has 0 radical (unpaired) electrons. The number of hydrogen-bond acceptors (Lipinski definition) is 2. The maximum atomic E-state index is 10.9. The average Bonchev–Trinajstić information content (AvgIpc) is 2.27. The lowest BCUT2D eigenvalue weighted by Gasteiger charge is -2.04. The minimum Gasteiger partial charge on any atom is -0.481 e. The molecule has 1 heterocycles. The summed E-state index contributed by atoms with van der Waals surface area (Å²) in [5, 5.41) is 17.5. The highest BCUT2D eigenvalue weighted by atomic mass is 16.4. The Morgan fingerprint density at radius 1 is 1.47 bits per heavy atom. The van der Waals surface area contributed by atoms with E-state index in [4.69, 9.17) is 5.11 Å². The molecule has 4 nitrogen and oxygen atoms in total. The number of fused-ring (bicyclic) bond motifs is 1. The van der Waals surface area contributed by atoms with Crippen molar-refractivity contribution < 1.29 is 15.0 Å². The van der Waals surface area contributed by atoms with Crippen LogP contribution in [-0.2, 0) is 4.79 Å². The zero-order chi connectivity index (χ0) is 10.8. The van der Waals surface area contributed by atoms with Gasteiger partial charge >= 0.3 is 5.97 Å². The number of nitrogens with one attached hydrogen (secondary N) is 1. The summed E-state index contributed by atoms with van der Waals surface area (Å²) < 4.78 is 0. The van der Waals surface area contributed by atoms with E-state index in [0.29, 0.717) is 5.69 Å². The van der Waals surface area contributed by atoms with Gasteiger partial charge in [-0.05, 0) is 18.1 Å². The van der Waals surface area contributed by atoms with Crippen molar-refractivity contribution in [3.05, 3.63) is 36.2 Å². The molecule has 0 spiro atoms. The molecule has 2 N–H and O–H groups in total. The van der Waals surface area contributed by atoms with Crippen LogP contribution in [0.3, 0.4) is 0 Å². The lowest BCUT2D eigenvalue weighted by atomic mass is 10.0. The van der Waals surface area contributed by atoms with E-state index in [0.717, 1.165) is 10.8 Å². The fraction of sp³-hybridized carbons (Fsp3) is 0.182. The Bertz CT molecular complexity index is 505. The standard InChI is InChI=1S/C11H10N2O2/c1-7(11(14)15)10-9-5-3-2-4-8(9)6-12-13-10/h2-7H,1H3,(H,14,15)/p+1. The summed E-state index contributed by atoms with van der Waals surface area (Å²) >= 11 is 0. The Kier molecular flexibility index (Phi) is 2.33. The number of carbonyl (C=O) groups is 1. The van der Waals surface area contributed by atoms with Crippen LogP contribution in [0.25, 0.3) is 10.8 Å². The van der Waals surface area contributed by atoms with Crippen molar-refractivity contribution in [1.29, 1.82) is 0 Å².